The van der Waals surface area contributed by atoms with Gasteiger partial charge in [-0.1, -0.05) is 41.9 Å². The number of anilines is 1. The first kappa shape index (κ1) is 12.8. The standard InChI is InChI=1S/C15H12ClN3O/c1-20-19-15-17-13-8-7-11(16)9-12(13)14(18-15)10-5-3-2-4-6-10/h2-9H,1H3,(H,17,18,19). The summed E-state index contributed by atoms with van der Waals surface area (Å²) < 4.78 is 0. The van der Waals surface area contributed by atoms with Gasteiger partial charge in [0.2, 0.25) is 5.95 Å². The lowest BCUT2D eigenvalue weighted by Gasteiger charge is -2.09. The second-order valence-electron chi connectivity index (χ2n) is 4.23. The van der Waals surface area contributed by atoms with Crippen molar-refractivity contribution in [3.8, 4) is 11.3 Å². The minimum atomic E-state index is 0.418. The summed E-state index contributed by atoms with van der Waals surface area (Å²) in [4.78, 5) is 13.8. The van der Waals surface area contributed by atoms with Crippen LogP contribution in [0.3, 0.4) is 0 Å². The van der Waals surface area contributed by atoms with Gasteiger partial charge in [0.25, 0.3) is 0 Å². The molecule has 0 radical (unpaired) electrons. The first-order valence-electron chi connectivity index (χ1n) is 6.09. The molecule has 3 rings (SSSR count). The van der Waals surface area contributed by atoms with Crippen LogP contribution in [0.2, 0.25) is 5.02 Å². The molecule has 0 aliphatic carbocycles. The van der Waals surface area contributed by atoms with E-state index in [0.29, 0.717) is 11.0 Å². The van der Waals surface area contributed by atoms with E-state index in [2.05, 4.69) is 15.4 Å². The van der Waals surface area contributed by atoms with E-state index >= 15 is 0 Å². The van der Waals surface area contributed by atoms with Gasteiger partial charge in [-0.3, -0.25) is 4.84 Å². The number of fused-ring (bicyclic) bond motifs is 1. The summed E-state index contributed by atoms with van der Waals surface area (Å²) >= 11 is 6.08. The molecule has 3 aromatic rings. The molecule has 0 aliphatic heterocycles. The molecule has 0 fully saturated rings. The van der Waals surface area contributed by atoms with Gasteiger partial charge in [-0.2, -0.15) is 0 Å². The second-order valence-corrected chi connectivity index (χ2v) is 4.67. The average Bonchev–Trinajstić information content (AvgIpc) is 2.48. The van der Waals surface area contributed by atoms with Gasteiger partial charge in [-0.15, -0.1) is 0 Å². The van der Waals surface area contributed by atoms with Crippen LogP contribution in [0.25, 0.3) is 22.2 Å². The second kappa shape index (κ2) is 5.45. The Hall–Kier alpha value is -2.17. The molecule has 20 heavy (non-hydrogen) atoms. The monoisotopic (exact) mass is 285 g/mol. The fourth-order valence-corrected chi connectivity index (χ4v) is 2.23. The highest BCUT2D eigenvalue weighted by molar-refractivity contribution is 6.31. The predicted octanol–water partition coefficient (Wildman–Crippen LogP) is 3.92. The van der Waals surface area contributed by atoms with Crippen LogP contribution < -0.4 is 5.48 Å². The first-order chi connectivity index (χ1) is 9.78. The number of nitrogens with one attached hydrogen (secondary N) is 1. The average molecular weight is 286 g/mol. The molecule has 2 aromatic carbocycles. The molecule has 0 amide bonds. The molecule has 4 nitrogen and oxygen atoms in total. The van der Waals surface area contributed by atoms with Crippen LogP contribution in [0.4, 0.5) is 5.95 Å². The van der Waals surface area contributed by atoms with E-state index in [1.165, 1.54) is 7.11 Å². The van der Waals surface area contributed by atoms with Crippen LogP contribution in [0.15, 0.2) is 48.5 Å². The quantitative estimate of drug-likeness (QED) is 0.741. The number of halogens is 1. The van der Waals surface area contributed by atoms with Gasteiger partial charge in [0.05, 0.1) is 18.3 Å². The molecular formula is C15H12ClN3O. The molecule has 0 bridgehead atoms. The molecule has 0 spiro atoms. The van der Waals surface area contributed by atoms with Gasteiger partial charge in [-0.05, 0) is 18.2 Å². The number of hydrogen-bond donors (Lipinski definition) is 1. The van der Waals surface area contributed by atoms with Crippen molar-refractivity contribution in [3.05, 3.63) is 53.6 Å². The van der Waals surface area contributed by atoms with Crippen LogP contribution in [0.5, 0.6) is 0 Å². The highest BCUT2D eigenvalue weighted by Crippen LogP contribution is 2.29. The maximum atomic E-state index is 6.08. The lowest BCUT2D eigenvalue weighted by atomic mass is 10.1. The lowest BCUT2D eigenvalue weighted by Crippen LogP contribution is -2.02. The molecule has 0 saturated heterocycles. The number of rotatable bonds is 3. The molecular weight excluding hydrogens is 274 g/mol. The van der Waals surface area contributed by atoms with E-state index in [4.69, 9.17) is 16.4 Å². The fraction of sp³-hybridized carbons (Fsp3) is 0.0667. The summed E-state index contributed by atoms with van der Waals surface area (Å²) in [6, 6.07) is 15.5. The molecule has 1 aromatic heterocycles. The van der Waals surface area contributed by atoms with Crippen LogP contribution in [0, 0.1) is 0 Å². The third-order valence-electron chi connectivity index (χ3n) is 2.90. The zero-order chi connectivity index (χ0) is 13.9. The van der Waals surface area contributed by atoms with Crippen LogP contribution >= 0.6 is 11.6 Å². The lowest BCUT2D eigenvalue weighted by molar-refractivity contribution is 0.267. The Kier molecular flexibility index (Phi) is 3.50. The van der Waals surface area contributed by atoms with Crippen molar-refractivity contribution in [2.45, 2.75) is 0 Å². The van der Waals surface area contributed by atoms with E-state index in [1.807, 2.05) is 48.5 Å². The molecule has 0 atom stereocenters. The Morgan fingerprint density at radius 3 is 2.60 bits per heavy atom. The van der Waals surface area contributed by atoms with Crippen LogP contribution in [-0.4, -0.2) is 17.1 Å². The minimum absolute atomic E-state index is 0.418. The van der Waals surface area contributed by atoms with Crippen molar-refractivity contribution >= 4 is 28.5 Å². The molecule has 1 N–H and O–H groups in total. The van der Waals surface area contributed by atoms with Crippen molar-refractivity contribution in [1.82, 2.24) is 9.97 Å². The van der Waals surface area contributed by atoms with Gasteiger partial charge in [-0.25, -0.2) is 15.4 Å². The number of aromatic nitrogens is 2. The summed E-state index contributed by atoms with van der Waals surface area (Å²) in [5, 5.41) is 1.57. The fourth-order valence-electron chi connectivity index (χ4n) is 2.05. The van der Waals surface area contributed by atoms with Crippen molar-refractivity contribution in [1.29, 1.82) is 0 Å². The molecule has 5 heteroatoms. The van der Waals surface area contributed by atoms with E-state index in [1.54, 1.807) is 0 Å². The molecule has 0 saturated carbocycles. The summed E-state index contributed by atoms with van der Waals surface area (Å²) in [7, 11) is 1.53. The van der Waals surface area contributed by atoms with Gasteiger partial charge in [0.1, 0.15) is 0 Å². The number of benzene rings is 2. The Morgan fingerprint density at radius 2 is 1.85 bits per heavy atom. The highest BCUT2D eigenvalue weighted by atomic mass is 35.5. The Balaban J connectivity index is 2.29. The third-order valence-corrected chi connectivity index (χ3v) is 3.13. The SMILES string of the molecule is CONc1nc(-c2ccccc2)c2cc(Cl)ccc2n1. The first-order valence-corrected chi connectivity index (χ1v) is 6.47. The van der Waals surface area contributed by atoms with Crippen molar-refractivity contribution in [3.63, 3.8) is 0 Å². The minimum Gasteiger partial charge on any atom is -0.277 e. The van der Waals surface area contributed by atoms with Crippen molar-refractivity contribution in [2.75, 3.05) is 12.6 Å². The molecule has 0 aliphatic rings. The van der Waals surface area contributed by atoms with Gasteiger partial charge < -0.3 is 0 Å². The van der Waals surface area contributed by atoms with Crippen molar-refractivity contribution < 1.29 is 4.84 Å². The van der Waals surface area contributed by atoms with E-state index in [9.17, 15) is 0 Å². The number of hydrogen-bond acceptors (Lipinski definition) is 4. The Bertz CT molecular complexity index is 747. The van der Waals surface area contributed by atoms with Gasteiger partial charge in [0, 0.05) is 16.0 Å². The zero-order valence-corrected chi connectivity index (χ0v) is 11.6. The predicted molar refractivity (Wildman–Crippen MR) is 80.6 cm³/mol. The summed E-state index contributed by atoms with van der Waals surface area (Å²) in [5.41, 5.74) is 5.30. The molecule has 1 heterocycles. The van der Waals surface area contributed by atoms with E-state index in [0.717, 1.165) is 22.2 Å². The highest BCUT2D eigenvalue weighted by Gasteiger charge is 2.10. The number of nitrogens with zero attached hydrogens (tertiary/aromatic N) is 2. The molecule has 0 unspecified atom stereocenters. The van der Waals surface area contributed by atoms with Crippen LogP contribution in [-0.2, 0) is 4.84 Å². The Morgan fingerprint density at radius 1 is 1.05 bits per heavy atom. The largest absolute Gasteiger partial charge is 0.277 e. The molecule has 100 valence electrons. The summed E-state index contributed by atoms with van der Waals surface area (Å²) in [5.74, 6) is 0.418. The van der Waals surface area contributed by atoms with E-state index in [-0.39, 0.29) is 0 Å². The van der Waals surface area contributed by atoms with Gasteiger partial charge in [0.15, 0.2) is 0 Å². The van der Waals surface area contributed by atoms with Crippen LogP contribution in [0.1, 0.15) is 0 Å². The van der Waals surface area contributed by atoms with Gasteiger partial charge >= 0.3 is 0 Å². The zero-order valence-electron chi connectivity index (χ0n) is 10.8. The Labute approximate surface area is 121 Å². The summed E-state index contributed by atoms with van der Waals surface area (Å²) in [6.07, 6.45) is 0. The smallest absolute Gasteiger partial charge is 0.248 e. The maximum Gasteiger partial charge on any atom is 0.248 e. The third kappa shape index (κ3) is 2.43. The normalized spacial score (nSPS) is 10.7. The van der Waals surface area contributed by atoms with E-state index < -0.39 is 0 Å². The summed E-state index contributed by atoms with van der Waals surface area (Å²) in [6.45, 7) is 0. The maximum absolute atomic E-state index is 6.08. The van der Waals surface area contributed by atoms with Crippen molar-refractivity contribution in [2.24, 2.45) is 0 Å². The topological polar surface area (TPSA) is 47.0 Å².